The van der Waals surface area contributed by atoms with E-state index in [4.69, 9.17) is 5.11 Å². The smallest absolute Gasteiger partial charge is 0.407 e. The molecule has 0 aliphatic carbocycles. The predicted octanol–water partition coefficient (Wildman–Crippen LogP) is 1.86. The fourth-order valence-corrected chi connectivity index (χ4v) is 3.48. The van der Waals surface area contributed by atoms with E-state index in [2.05, 4.69) is 0 Å². The van der Waals surface area contributed by atoms with Crippen LogP contribution in [0.15, 0.2) is 23.1 Å². The van der Waals surface area contributed by atoms with Crippen LogP contribution >= 0.6 is 0 Å². The third-order valence-corrected chi connectivity index (χ3v) is 4.96. The topological polar surface area (TPSA) is 118 Å². The lowest BCUT2D eigenvalue weighted by Crippen LogP contribution is -2.36. The first-order chi connectivity index (χ1) is 10.2. The van der Waals surface area contributed by atoms with Crippen LogP contribution in [0.3, 0.4) is 0 Å². The molecule has 120 valence electrons. The third kappa shape index (κ3) is 3.35. The molecule has 1 fully saturated rings. The van der Waals surface area contributed by atoms with Crippen LogP contribution in [0.5, 0.6) is 0 Å². The molecule has 1 N–H and O–H groups in total. The summed E-state index contributed by atoms with van der Waals surface area (Å²) in [5, 5.41) is 20.0. The van der Waals surface area contributed by atoms with Crippen LogP contribution in [-0.4, -0.2) is 48.8 Å². The fourth-order valence-electron chi connectivity index (χ4n) is 2.65. The van der Waals surface area contributed by atoms with E-state index in [0.29, 0.717) is 31.5 Å². The van der Waals surface area contributed by atoms with E-state index in [1.54, 1.807) is 6.07 Å². The molecule has 0 bridgehead atoms. The second kappa shape index (κ2) is 5.91. The molecule has 22 heavy (non-hydrogen) atoms. The molecule has 0 saturated carbocycles. The molecule has 0 atom stereocenters. The van der Waals surface area contributed by atoms with Gasteiger partial charge in [0.1, 0.15) is 4.90 Å². The maximum Gasteiger partial charge on any atom is 0.407 e. The molecule has 0 spiro atoms. The quantitative estimate of drug-likeness (QED) is 0.668. The number of nitrogens with zero attached hydrogens (tertiary/aromatic N) is 2. The van der Waals surface area contributed by atoms with Gasteiger partial charge in [-0.05, 0) is 30.4 Å². The lowest BCUT2D eigenvalue weighted by atomic mass is 9.89. The molecule has 9 heteroatoms. The number of carboxylic acid groups (broad SMARTS) is 1. The third-order valence-electron chi connectivity index (χ3n) is 3.82. The normalized spacial score (nSPS) is 16.5. The van der Waals surface area contributed by atoms with Crippen molar-refractivity contribution in [3.63, 3.8) is 0 Å². The molecule has 1 saturated heterocycles. The molecule has 0 unspecified atom stereocenters. The number of hydrogen-bond acceptors (Lipinski definition) is 5. The van der Waals surface area contributed by atoms with Gasteiger partial charge in [-0.3, -0.25) is 10.1 Å². The molecular formula is C13H16N2O6S. The zero-order valence-electron chi connectivity index (χ0n) is 11.9. The van der Waals surface area contributed by atoms with Crippen molar-refractivity contribution in [2.75, 3.05) is 19.3 Å². The Hall–Kier alpha value is -2.16. The van der Waals surface area contributed by atoms with Crippen LogP contribution in [0.25, 0.3) is 0 Å². The summed E-state index contributed by atoms with van der Waals surface area (Å²) in [5.41, 5.74) is 0.241. The highest BCUT2D eigenvalue weighted by molar-refractivity contribution is 7.90. The molecule has 0 aromatic heterocycles. The summed E-state index contributed by atoms with van der Waals surface area (Å²) in [5.74, 6) is -0.0112. The first-order valence-electron chi connectivity index (χ1n) is 6.66. The first-order valence-corrected chi connectivity index (χ1v) is 8.55. The molecule has 2 rings (SSSR count). The molecule has 1 amide bonds. The van der Waals surface area contributed by atoms with E-state index in [1.165, 1.54) is 17.0 Å². The number of piperidine rings is 1. The summed E-state index contributed by atoms with van der Waals surface area (Å²) >= 11 is 0. The number of nitro groups is 1. The van der Waals surface area contributed by atoms with E-state index < -0.39 is 26.5 Å². The van der Waals surface area contributed by atoms with Gasteiger partial charge in [0.15, 0.2) is 9.84 Å². The number of benzene rings is 1. The number of rotatable bonds is 3. The minimum Gasteiger partial charge on any atom is -0.465 e. The van der Waals surface area contributed by atoms with E-state index in [9.17, 15) is 23.3 Å². The van der Waals surface area contributed by atoms with Gasteiger partial charge in [0.05, 0.1) is 4.92 Å². The van der Waals surface area contributed by atoms with E-state index in [0.717, 1.165) is 6.26 Å². The van der Waals surface area contributed by atoms with Crippen LogP contribution in [0.2, 0.25) is 0 Å². The maximum absolute atomic E-state index is 11.6. The average molecular weight is 328 g/mol. The van der Waals surface area contributed by atoms with Crippen LogP contribution in [0.1, 0.15) is 24.3 Å². The second-order valence-electron chi connectivity index (χ2n) is 5.30. The summed E-state index contributed by atoms with van der Waals surface area (Å²) in [4.78, 5) is 22.3. The molecule has 8 nitrogen and oxygen atoms in total. The Balaban J connectivity index is 2.29. The van der Waals surface area contributed by atoms with Gasteiger partial charge in [-0.25, -0.2) is 13.2 Å². The van der Waals surface area contributed by atoms with Gasteiger partial charge in [0.2, 0.25) is 0 Å². The molecule has 1 heterocycles. The van der Waals surface area contributed by atoms with Gasteiger partial charge in [0, 0.05) is 25.4 Å². The SMILES string of the molecule is CS(=O)(=O)c1ccc(C2CCN(C(=O)O)CC2)cc1[N+](=O)[O-]. The lowest BCUT2D eigenvalue weighted by molar-refractivity contribution is -0.387. The molecular weight excluding hydrogens is 312 g/mol. The number of nitro benzene ring substituents is 1. The van der Waals surface area contributed by atoms with Crippen LogP contribution in [0, 0.1) is 10.1 Å². The van der Waals surface area contributed by atoms with Gasteiger partial charge < -0.3 is 10.0 Å². The largest absolute Gasteiger partial charge is 0.465 e. The maximum atomic E-state index is 11.6. The van der Waals surface area contributed by atoms with Crippen molar-refractivity contribution in [3.05, 3.63) is 33.9 Å². The van der Waals surface area contributed by atoms with E-state index in [-0.39, 0.29) is 10.8 Å². The monoisotopic (exact) mass is 328 g/mol. The minimum absolute atomic E-state index is 0.0112. The number of amides is 1. The molecule has 1 aromatic carbocycles. The highest BCUT2D eigenvalue weighted by atomic mass is 32.2. The second-order valence-corrected chi connectivity index (χ2v) is 7.28. The standard InChI is InChI=1S/C13H16N2O6S/c1-22(20,21)12-3-2-10(8-11(12)15(18)19)9-4-6-14(7-5-9)13(16)17/h2-3,8-9H,4-7H2,1H3,(H,16,17). The Morgan fingerprint density at radius 2 is 1.95 bits per heavy atom. The zero-order chi connectivity index (χ0) is 16.5. The van der Waals surface area contributed by atoms with Crippen molar-refractivity contribution >= 4 is 21.6 Å². The number of hydrogen-bond donors (Lipinski definition) is 1. The van der Waals surface area contributed by atoms with Crippen molar-refractivity contribution in [1.29, 1.82) is 0 Å². The summed E-state index contributed by atoms with van der Waals surface area (Å²) in [6.07, 6.45) is 1.07. The highest BCUT2D eigenvalue weighted by Crippen LogP contribution is 2.33. The Morgan fingerprint density at radius 1 is 1.36 bits per heavy atom. The number of sulfone groups is 1. The summed E-state index contributed by atoms with van der Waals surface area (Å²) in [6.45, 7) is 0.725. The summed E-state index contributed by atoms with van der Waals surface area (Å²) in [7, 11) is -3.67. The zero-order valence-corrected chi connectivity index (χ0v) is 12.7. The van der Waals surface area contributed by atoms with Gasteiger partial charge >= 0.3 is 6.09 Å². The summed E-state index contributed by atoms with van der Waals surface area (Å²) in [6, 6.07) is 4.12. The van der Waals surface area contributed by atoms with Crippen molar-refractivity contribution in [1.82, 2.24) is 4.90 Å². The molecule has 1 aliphatic rings. The Labute approximate surface area is 127 Å². The summed E-state index contributed by atoms with van der Waals surface area (Å²) < 4.78 is 23.2. The Kier molecular flexibility index (Phi) is 4.36. The van der Waals surface area contributed by atoms with Gasteiger partial charge in [-0.1, -0.05) is 6.07 Å². The Bertz CT molecular complexity index is 707. The van der Waals surface area contributed by atoms with E-state index in [1.807, 2.05) is 0 Å². The van der Waals surface area contributed by atoms with Gasteiger partial charge in [0.25, 0.3) is 5.69 Å². The van der Waals surface area contributed by atoms with Crippen molar-refractivity contribution < 1.29 is 23.2 Å². The minimum atomic E-state index is -3.67. The van der Waals surface area contributed by atoms with Gasteiger partial charge in [-0.2, -0.15) is 0 Å². The lowest BCUT2D eigenvalue weighted by Gasteiger charge is -2.30. The van der Waals surface area contributed by atoms with Crippen molar-refractivity contribution in [3.8, 4) is 0 Å². The number of carbonyl (C=O) groups is 1. The van der Waals surface area contributed by atoms with Crippen molar-refractivity contribution in [2.24, 2.45) is 0 Å². The predicted molar refractivity (Wildman–Crippen MR) is 77.8 cm³/mol. The van der Waals surface area contributed by atoms with Crippen LogP contribution in [0.4, 0.5) is 10.5 Å². The first kappa shape index (κ1) is 16.2. The van der Waals surface area contributed by atoms with Crippen molar-refractivity contribution in [2.45, 2.75) is 23.7 Å². The fraction of sp³-hybridized carbons (Fsp3) is 0.462. The molecule has 1 aliphatic heterocycles. The average Bonchev–Trinajstić information content (AvgIpc) is 2.45. The van der Waals surface area contributed by atoms with Crippen LogP contribution < -0.4 is 0 Å². The molecule has 0 radical (unpaired) electrons. The van der Waals surface area contributed by atoms with E-state index >= 15 is 0 Å². The van der Waals surface area contributed by atoms with Crippen LogP contribution in [-0.2, 0) is 9.84 Å². The van der Waals surface area contributed by atoms with Gasteiger partial charge in [-0.15, -0.1) is 0 Å². The number of likely N-dealkylation sites (tertiary alicyclic amines) is 1. The highest BCUT2D eigenvalue weighted by Gasteiger charge is 2.27. The molecule has 1 aromatic rings. The Morgan fingerprint density at radius 3 is 2.41 bits per heavy atom.